The summed E-state index contributed by atoms with van der Waals surface area (Å²) in [6, 6.07) is 20.7. The monoisotopic (exact) mass is 563 g/mol. The molecular formula is C35H45N7. The van der Waals surface area contributed by atoms with Crippen molar-refractivity contribution in [1.29, 1.82) is 0 Å². The molecule has 3 aliphatic carbocycles. The van der Waals surface area contributed by atoms with E-state index in [2.05, 4.69) is 88.5 Å². The molecule has 7 rings (SSSR count). The van der Waals surface area contributed by atoms with E-state index in [9.17, 15) is 0 Å². The van der Waals surface area contributed by atoms with Crippen molar-refractivity contribution in [1.82, 2.24) is 24.4 Å². The summed E-state index contributed by atoms with van der Waals surface area (Å²) in [6.45, 7) is 7.70. The Hall–Kier alpha value is -3.45. The van der Waals surface area contributed by atoms with Gasteiger partial charge in [-0.15, -0.1) is 0 Å². The zero-order valence-corrected chi connectivity index (χ0v) is 25.2. The fourth-order valence-electron chi connectivity index (χ4n) is 6.52. The fraction of sp³-hybridized carbons (Fsp3) is 0.514. The molecule has 42 heavy (non-hydrogen) atoms. The molecule has 2 aromatic carbocycles. The summed E-state index contributed by atoms with van der Waals surface area (Å²) >= 11 is 0. The summed E-state index contributed by atoms with van der Waals surface area (Å²) in [7, 11) is 0. The van der Waals surface area contributed by atoms with Crippen LogP contribution in [0.2, 0.25) is 0 Å². The second-order valence-electron chi connectivity index (χ2n) is 13.2. The Bertz CT molecular complexity index is 1450. The lowest BCUT2D eigenvalue weighted by Gasteiger charge is -2.37. The molecule has 7 heteroatoms. The van der Waals surface area contributed by atoms with Crippen LogP contribution in [0.1, 0.15) is 76.8 Å². The molecule has 0 amide bonds. The van der Waals surface area contributed by atoms with Gasteiger partial charge < -0.3 is 15.2 Å². The van der Waals surface area contributed by atoms with Gasteiger partial charge in [-0.05, 0) is 93.7 Å². The molecular weight excluding hydrogens is 518 g/mol. The van der Waals surface area contributed by atoms with Crippen molar-refractivity contribution in [2.45, 2.75) is 89.9 Å². The average Bonchev–Trinajstić information content (AvgIpc) is 3.96. The van der Waals surface area contributed by atoms with E-state index in [1.807, 2.05) is 6.33 Å². The minimum absolute atomic E-state index is 0.274. The molecule has 7 nitrogen and oxygen atoms in total. The molecule has 0 atom stereocenters. The van der Waals surface area contributed by atoms with Crippen molar-refractivity contribution >= 4 is 22.9 Å². The molecule has 4 aromatic rings. The summed E-state index contributed by atoms with van der Waals surface area (Å²) in [4.78, 5) is 17.6. The number of nitrogens with zero attached hydrogens (tertiary/aromatic N) is 5. The first kappa shape index (κ1) is 27.4. The zero-order valence-electron chi connectivity index (χ0n) is 25.2. The molecule has 3 fully saturated rings. The van der Waals surface area contributed by atoms with Gasteiger partial charge in [-0.2, -0.15) is 9.97 Å². The molecule has 0 spiro atoms. The van der Waals surface area contributed by atoms with Crippen LogP contribution in [0.5, 0.6) is 0 Å². The molecule has 3 saturated carbocycles. The normalized spacial score (nSPS) is 20.9. The topological polar surface area (TPSA) is 70.9 Å². The van der Waals surface area contributed by atoms with Crippen molar-refractivity contribution in [2.24, 2.45) is 11.8 Å². The maximum absolute atomic E-state index is 4.99. The van der Waals surface area contributed by atoms with Crippen LogP contribution in [0, 0.1) is 11.8 Å². The Morgan fingerprint density at radius 3 is 2.12 bits per heavy atom. The smallest absolute Gasteiger partial charge is 0.227 e. The summed E-state index contributed by atoms with van der Waals surface area (Å²) in [6.07, 6.45) is 12.6. The molecule has 3 aliphatic rings. The van der Waals surface area contributed by atoms with Gasteiger partial charge in [0.2, 0.25) is 5.95 Å². The minimum Gasteiger partial charge on any atom is -0.364 e. The summed E-state index contributed by atoms with van der Waals surface area (Å²) in [5.41, 5.74) is 5.38. The van der Waals surface area contributed by atoms with Crippen LogP contribution in [0.3, 0.4) is 0 Å². The zero-order chi connectivity index (χ0) is 28.5. The number of benzene rings is 2. The quantitative estimate of drug-likeness (QED) is 0.186. The second kappa shape index (κ2) is 12.0. The van der Waals surface area contributed by atoms with E-state index in [0.29, 0.717) is 18.5 Å². The van der Waals surface area contributed by atoms with Crippen LogP contribution in [-0.2, 0) is 6.54 Å². The largest absolute Gasteiger partial charge is 0.364 e. The third-order valence-corrected chi connectivity index (χ3v) is 9.42. The van der Waals surface area contributed by atoms with E-state index in [-0.39, 0.29) is 6.04 Å². The maximum atomic E-state index is 4.99. The third kappa shape index (κ3) is 6.46. The number of aromatic nitrogens is 4. The lowest BCUT2D eigenvalue weighted by Crippen LogP contribution is -2.42. The molecule has 0 aliphatic heterocycles. The van der Waals surface area contributed by atoms with Crippen molar-refractivity contribution in [2.75, 3.05) is 23.7 Å². The Morgan fingerprint density at radius 1 is 0.810 bits per heavy atom. The van der Waals surface area contributed by atoms with E-state index in [1.54, 1.807) is 0 Å². The SMILES string of the molecule is CC(C)n1cnc2c(NCc3ccc(-c4ccccc4)cc3)nc(NC3CCC(N(CC4CC4)CC4CC4)CC3)nc21. The molecule has 0 bridgehead atoms. The Morgan fingerprint density at radius 2 is 1.48 bits per heavy atom. The highest BCUT2D eigenvalue weighted by Gasteiger charge is 2.34. The van der Waals surface area contributed by atoms with Gasteiger partial charge in [0.25, 0.3) is 0 Å². The van der Waals surface area contributed by atoms with E-state index < -0.39 is 0 Å². The standard InChI is InChI=1S/C35H45N7/c1-24(2)42-23-37-32-33(36-20-25-12-14-29(15-13-25)28-6-4-3-5-7-28)39-35(40-34(32)42)38-30-16-18-31(19-17-30)41(21-26-8-9-26)22-27-10-11-27/h3-7,12-15,23-24,26-27,30-31H,8-11,16-22H2,1-2H3,(H2,36,38,39,40). The van der Waals surface area contributed by atoms with Gasteiger partial charge in [0.1, 0.15) is 0 Å². The van der Waals surface area contributed by atoms with Gasteiger partial charge >= 0.3 is 0 Å². The number of rotatable bonds is 12. The summed E-state index contributed by atoms with van der Waals surface area (Å²) in [5, 5.41) is 7.33. The highest BCUT2D eigenvalue weighted by Crippen LogP contribution is 2.37. The molecule has 220 valence electrons. The average molecular weight is 564 g/mol. The summed E-state index contributed by atoms with van der Waals surface area (Å²) < 4.78 is 2.15. The van der Waals surface area contributed by atoms with Crippen molar-refractivity contribution in [3.8, 4) is 11.1 Å². The number of hydrogen-bond donors (Lipinski definition) is 2. The minimum atomic E-state index is 0.274. The predicted molar refractivity (Wildman–Crippen MR) is 172 cm³/mol. The van der Waals surface area contributed by atoms with Gasteiger partial charge in [-0.3, -0.25) is 4.90 Å². The van der Waals surface area contributed by atoms with Gasteiger partial charge in [0.05, 0.1) is 6.33 Å². The molecule has 2 aromatic heterocycles. The lowest BCUT2D eigenvalue weighted by atomic mass is 9.90. The first-order valence-corrected chi connectivity index (χ1v) is 16.2. The van der Waals surface area contributed by atoms with Gasteiger partial charge in [-0.25, -0.2) is 4.98 Å². The van der Waals surface area contributed by atoms with Crippen LogP contribution >= 0.6 is 0 Å². The van der Waals surface area contributed by atoms with Crippen LogP contribution in [-0.4, -0.2) is 49.6 Å². The molecule has 2 N–H and O–H groups in total. The first-order chi connectivity index (χ1) is 20.6. The third-order valence-electron chi connectivity index (χ3n) is 9.42. The van der Waals surface area contributed by atoms with Gasteiger partial charge in [0.15, 0.2) is 17.0 Å². The number of hydrogen-bond acceptors (Lipinski definition) is 6. The second-order valence-corrected chi connectivity index (χ2v) is 13.2. The van der Waals surface area contributed by atoms with Crippen molar-refractivity contribution in [3.05, 3.63) is 66.5 Å². The van der Waals surface area contributed by atoms with Gasteiger partial charge in [-0.1, -0.05) is 54.6 Å². The number of nitrogens with one attached hydrogen (secondary N) is 2. The number of imidazole rings is 1. The van der Waals surface area contributed by atoms with Crippen molar-refractivity contribution < 1.29 is 0 Å². The van der Waals surface area contributed by atoms with Crippen LogP contribution in [0.25, 0.3) is 22.3 Å². The Balaban J connectivity index is 1.04. The molecule has 2 heterocycles. The lowest BCUT2D eigenvalue weighted by molar-refractivity contribution is 0.139. The number of fused-ring (bicyclic) bond motifs is 1. The summed E-state index contributed by atoms with van der Waals surface area (Å²) in [5.74, 6) is 3.45. The van der Waals surface area contributed by atoms with E-state index in [1.165, 1.54) is 81.1 Å². The van der Waals surface area contributed by atoms with Crippen LogP contribution in [0.4, 0.5) is 11.8 Å². The van der Waals surface area contributed by atoms with E-state index >= 15 is 0 Å². The number of anilines is 2. The van der Waals surface area contributed by atoms with Crippen LogP contribution in [0.15, 0.2) is 60.9 Å². The van der Waals surface area contributed by atoms with E-state index in [0.717, 1.165) is 34.9 Å². The Labute approximate surface area is 250 Å². The highest BCUT2D eigenvalue weighted by molar-refractivity contribution is 5.84. The van der Waals surface area contributed by atoms with Gasteiger partial charge in [0, 0.05) is 37.8 Å². The molecule has 0 unspecified atom stereocenters. The van der Waals surface area contributed by atoms with Crippen molar-refractivity contribution in [3.63, 3.8) is 0 Å². The molecule has 0 radical (unpaired) electrons. The fourth-order valence-corrected chi connectivity index (χ4v) is 6.52. The highest BCUT2D eigenvalue weighted by atomic mass is 15.2. The predicted octanol–water partition coefficient (Wildman–Crippen LogP) is 7.53. The molecule has 0 saturated heterocycles. The first-order valence-electron chi connectivity index (χ1n) is 16.2. The van der Waals surface area contributed by atoms with E-state index in [4.69, 9.17) is 15.0 Å². The maximum Gasteiger partial charge on any atom is 0.227 e. The Kier molecular flexibility index (Phi) is 7.85. The van der Waals surface area contributed by atoms with Crippen LogP contribution < -0.4 is 10.6 Å².